The van der Waals surface area contributed by atoms with Gasteiger partial charge in [-0.3, -0.25) is 4.99 Å². The number of rotatable bonds is 5. The Hall–Kier alpha value is -0.930. The molecule has 100 valence electrons. The van der Waals surface area contributed by atoms with E-state index >= 15 is 0 Å². The van der Waals surface area contributed by atoms with E-state index in [0.717, 1.165) is 18.5 Å². The van der Waals surface area contributed by atoms with Gasteiger partial charge in [0.05, 0.1) is 0 Å². The molecule has 0 radical (unpaired) electrons. The van der Waals surface area contributed by atoms with E-state index in [2.05, 4.69) is 17.2 Å². The topological polar surface area (TPSA) is 50.4 Å². The zero-order valence-electron chi connectivity index (χ0n) is 10.7. The number of hydrogen-bond donors (Lipinski definition) is 2. The predicted molar refractivity (Wildman–Crippen MR) is 79.7 cm³/mol. The minimum atomic E-state index is 0.133. The monoisotopic (exact) mass is 287 g/mol. The Morgan fingerprint density at radius 1 is 1.39 bits per heavy atom. The highest BCUT2D eigenvalue weighted by Crippen LogP contribution is 2.31. The molecule has 1 aromatic rings. The van der Waals surface area contributed by atoms with Crippen LogP contribution in [0.25, 0.3) is 0 Å². The summed E-state index contributed by atoms with van der Waals surface area (Å²) in [5, 5.41) is 4.37. The highest BCUT2D eigenvalue weighted by atomic mass is 35.5. The third kappa shape index (κ3) is 4.39. The van der Waals surface area contributed by atoms with Gasteiger partial charge < -0.3 is 11.1 Å². The summed E-state index contributed by atoms with van der Waals surface area (Å²) in [5.74, 6) is 0.597. The fourth-order valence-corrected chi connectivity index (χ4v) is 2.39. The van der Waals surface area contributed by atoms with E-state index in [1.165, 1.54) is 0 Å². The van der Waals surface area contributed by atoms with Crippen molar-refractivity contribution >= 4 is 29.2 Å². The first kappa shape index (κ1) is 15.1. The molecule has 18 heavy (non-hydrogen) atoms. The summed E-state index contributed by atoms with van der Waals surface area (Å²) in [5.41, 5.74) is 6.66. The van der Waals surface area contributed by atoms with Crippen molar-refractivity contribution in [2.45, 2.75) is 26.2 Å². The van der Waals surface area contributed by atoms with Crippen LogP contribution < -0.4 is 11.1 Å². The lowest BCUT2D eigenvalue weighted by Crippen LogP contribution is -2.32. The molecule has 0 aromatic heterocycles. The van der Waals surface area contributed by atoms with Crippen molar-refractivity contribution in [1.82, 2.24) is 5.32 Å². The van der Waals surface area contributed by atoms with Crippen molar-refractivity contribution < 1.29 is 0 Å². The van der Waals surface area contributed by atoms with Gasteiger partial charge in [-0.05, 0) is 24.1 Å². The molecule has 0 heterocycles. The number of guanidine groups is 1. The molecule has 3 N–H and O–H groups in total. The Morgan fingerprint density at radius 2 is 2.00 bits per heavy atom. The van der Waals surface area contributed by atoms with Crippen molar-refractivity contribution in [3.8, 4) is 0 Å². The molecular formula is C13H19Cl2N3. The van der Waals surface area contributed by atoms with Gasteiger partial charge in [0.25, 0.3) is 0 Å². The Balaban J connectivity index is 2.68. The maximum absolute atomic E-state index is 6.14. The fraction of sp³-hybridized carbons (Fsp3) is 0.462. The molecule has 1 unspecified atom stereocenters. The smallest absolute Gasteiger partial charge is 0.188 e. The number of nitrogens with one attached hydrogen (secondary N) is 1. The van der Waals surface area contributed by atoms with E-state index in [4.69, 9.17) is 28.9 Å². The summed E-state index contributed by atoms with van der Waals surface area (Å²) in [4.78, 5) is 4.29. The van der Waals surface area contributed by atoms with Gasteiger partial charge in [-0.1, -0.05) is 43.1 Å². The minimum absolute atomic E-state index is 0.133. The van der Waals surface area contributed by atoms with Gasteiger partial charge >= 0.3 is 0 Å². The quantitative estimate of drug-likeness (QED) is 0.644. The van der Waals surface area contributed by atoms with Gasteiger partial charge in [-0.25, -0.2) is 0 Å². The number of hydrogen-bond acceptors (Lipinski definition) is 1. The van der Waals surface area contributed by atoms with E-state index in [0.29, 0.717) is 22.5 Å². The molecule has 0 amide bonds. The molecule has 0 saturated heterocycles. The Kier molecular flexibility index (Phi) is 6.30. The molecule has 0 saturated carbocycles. The Morgan fingerprint density at radius 3 is 2.56 bits per heavy atom. The molecule has 0 aliphatic rings. The number of halogens is 2. The van der Waals surface area contributed by atoms with Gasteiger partial charge in [0.15, 0.2) is 5.96 Å². The highest BCUT2D eigenvalue weighted by molar-refractivity contribution is 6.36. The normalized spacial score (nSPS) is 13.4. The summed E-state index contributed by atoms with van der Waals surface area (Å²) in [6.45, 7) is 5.50. The third-order valence-corrected chi connectivity index (χ3v) is 3.24. The van der Waals surface area contributed by atoms with Gasteiger partial charge in [-0.2, -0.15) is 0 Å². The first-order valence-corrected chi connectivity index (χ1v) is 6.79. The summed E-state index contributed by atoms with van der Waals surface area (Å²) >= 11 is 12.3. The number of nitrogens with zero attached hydrogens (tertiary/aromatic N) is 1. The van der Waals surface area contributed by atoms with Gasteiger partial charge in [0.2, 0.25) is 0 Å². The molecule has 1 atom stereocenters. The van der Waals surface area contributed by atoms with Gasteiger partial charge in [0, 0.05) is 29.1 Å². The first-order chi connectivity index (χ1) is 8.56. The Bertz CT molecular complexity index is 398. The van der Waals surface area contributed by atoms with Crippen molar-refractivity contribution in [3.05, 3.63) is 33.8 Å². The summed E-state index contributed by atoms with van der Waals surface area (Å²) in [6, 6.07) is 5.50. The lowest BCUT2D eigenvalue weighted by molar-refractivity contribution is 0.760. The molecule has 0 aliphatic carbocycles. The van der Waals surface area contributed by atoms with Crippen molar-refractivity contribution in [2.75, 3.05) is 13.1 Å². The van der Waals surface area contributed by atoms with Crippen molar-refractivity contribution in [2.24, 2.45) is 10.7 Å². The molecule has 0 fully saturated rings. The molecule has 0 bridgehead atoms. The van der Waals surface area contributed by atoms with Crippen LogP contribution in [0.3, 0.4) is 0 Å². The fourth-order valence-electron chi connectivity index (χ4n) is 1.62. The molecule has 1 rings (SSSR count). The van der Waals surface area contributed by atoms with E-state index in [9.17, 15) is 0 Å². The van der Waals surface area contributed by atoms with Crippen LogP contribution in [0, 0.1) is 0 Å². The molecule has 3 nitrogen and oxygen atoms in total. The van der Waals surface area contributed by atoms with E-state index < -0.39 is 0 Å². The van der Waals surface area contributed by atoms with Crippen LogP contribution >= 0.6 is 23.2 Å². The zero-order valence-corrected chi connectivity index (χ0v) is 12.2. The average molecular weight is 288 g/mol. The summed E-state index contributed by atoms with van der Waals surface area (Å²) < 4.78 is 0. The van der Waals surface area contributed by atoms with Crippen LogP contribution in [0.2, 0.25) is 10.0 Å². The second-order valence-electron chi connectivity index (χ2n) is 4.19. The standard InChI is InChI=1S/C13H19Cl2N3/c1-3-7-17-13(16)18-8-9(2)12-10(14)5-4-6-11(12)15/h4-6,9H,3,7-8H2,1-2H3,(H3,16,17,18). The molecule has 5 heteroatoms. The lowest BCUT2D eigenvalue weighted by atomic mass is 10.0. The average Bonchev–Trinajstić information content (AvgIpc) is 2.33. The predicted octanol–water partition coefficient (Wildman–Crippen LogP) is 3.41. The third-order valence-electron chi connectivity index (χ3n) is 2.58. The second kappa shape index (κ2) is 7.49. The van der Waals surface area contributed by atoms with Crippen LogP contribution in [-0.2, 0) is 0 Å². The number of nitrogens with two attached hydrogens (primary N) is 1. The summed E-state index contributed by atoms with van der Waals surface area (Å²) in [6.07, 6.45) is 1.02. The lowest BCUT2D eigenvalue weighted by Gasteiger charge is -2.13. The first-order valence-electron chi connectivity index (χ1n) is 6.04. The zero-order chi connectivity index (χ0) is 13.5. The van der Waals surface area contributed by atoms with E-state index in [1.54, 1.807) is 0 Å². The highest BCUT2D eigenvalue weighted by Gasteiger charge is 2.13. The molecule has 0 aliphatic heterocycles. The molecule has 1 aromatic carbocycles. The van der Waals surface area contributed by atoms with E-state index in [1.807, 2.05) is 25.1 Å². The van der Waals surface area contributed by atoms with Crippen LogP contribution in [-0.4, -0.2) is 19.0 Å². The van der Waals surface area contributed by atoms with Gasteiger partial charge in [0.1, 0.15) is 0 Å². The minimum Gasteiger partial charge on any atom is -0.370 e. The largest absolute Gasteiger partial charge is 0.370 e. The summed E-state index contributed by atoms with van der Waals surface area (Å²) in [7, 11) is 0. The SMILES string of the molecule is CCCNC(N)=NCC(C)c1c(Cl)cccc1Cl. The van der Waals surface area contributed by atoms with Gasteiger partial charge in [-0.15, -0.1) is 0 Å². The number of aliphatic imine (C=N–C) groups is 1. The van der Waals surface area contributed by atoms with Crippen molar-refractivity contribution in [1.29, 1.82) is 0 Å². The molecular weight excluding hydrogens is 269 g/mol. The second-order valence-corrected chi connectivity index (χ2v) is 5.00. The van der Waals surface area contributed by atoms with Crippen LogP contribution in [0.5, 0.6) is 0 Å². The Labute approximate surface area is 118 Å². The van der Waals surface area contributed by atoms with Crippen LogP contribution in [0.1, 0.15) is 31.7 Å². The maximum Gasteiger partial charge on any atom is 0.188 e. The number of benzene rings is 1. The van der Waals surface area contributed by atoms with E-state index in [-0.39, 0.29) is 5.92 Å². The van der Waals surface area contributed by atoms with Crippen LogP contribution in [0.15, 0.2) is 23.2 Å². The molecule has 0 spiro atoms. The van der Waals surface area contributed by atoms with Crippen molar-refractivity contribution in [3.63, 3.8) is 0 Å². The maximum atomic E-state index is 6.14. The van der Waals surface area contributed by atoms with Crippen LogP contribution in [0.4, 0.5) is 0 Å².